The molecule has 1 heterocycles. The number of rotatable bonds is 7. The lowest BCUT2D eigenvalue weighted by atomic mass is 10.0. The van der Waals surface area contributed by atoms with Crippen LogP contribution < -0.4 is 0 Å². The van der Waals surface area contributed by atoms with E-state index in [1.54, 1.807) is 0 Å². The lowest BCUT2D eigenvalue weighted by Crippen LogP contribution is -2.52. The first-order valence-electron chi connectivity index (χ1n) is 5.84. The molecule has 1 rings (SSSR count). The molecule has 9 nitrogen and oxygen atoms in total. The molecule has 20 heavy (non-hydrogen) atoms. The molecule has 0 aromatic rings. The van der Waals surface area contributed by atoms with Crippen molar-refractivity contribution in [1.82, 2.24) is 4.90 Å². The third kappa shape index (κ3) is 3.52. The van der Waals surface area contributed by atoms with Crippen molar-refractivity contribution in [2.45, 2.75) is 30.5 Å². The van der Waals surface area contributed by atoms with Gasteiger partial charge < -0.3 is 35.5 Å². The molecule has 0 aromatic carbocycles. The number of carbonyl (C=O) groups is 2. The van der Waals surface area contributed by atoms with Crippen LogP contribution in [0.5, 0.6) is 0 Å². The molecule has 0 radical (unpaired) electrons. The molecule has 114 valence electrons. The zero-order valence-electron chi connectivity index (χ0n) is 10.4. The molecule has 1 aliphatic rings. The summed E-state index contributed by atoms with van der Waals surface area (Å²) in [5, 5.41) is 55.3. The number of carbonyl (C=O) groups excluding carboxylic acids is 1. The molecule has 5 atom stereocenters. The van der Waals surface area contributed by atoms with Gasteiger partial charge in [0, 0.05) is 6.08 Å². The topological polar surface area (TPSA) is 159 Å². The number of aliphatic hydroxyl groups is 5. The van der Waals surface area contributed by atoms with Crippen LogP contribution in [0.2, 0.25) is 0 Å². The van der Waals surface area contributed by atoms with Crippen LogP contribution in [0.4, 0.5) is 0 Å². The van der Waals surface area contributed by atoms with Gasteiger partial charge in [0.1, 0.15) is 30.5 Å². The van der Waals surface area contributed by atoms with Gasteiger partial charge in [0.25, 0.3) is 0 Å². The van der Waals surface area contributed by atoms with Crippen molar-refractivity contribution in [2.24, 2.45) is 0 Å². The molecule has 1 aliphatic heterocycles. The van der Waals surface area contributed by atoms with Gasteiger partial charge in [-0.3, -0.25) is 4.79 Å². The summed E-state index contributed by atoms with van der Waals surface area (Å²) in [5.74, 6) is -1.95. The average molecular weight is 291 g/mol. The fourth-order valence-electron chi connectivity index (χ4n) is 1.80. The van der Waals surface area contributed by atoms with E-state index in [-0.39, 0.29) is 0 Å². The van der Waals surface area contributed by atoms with Gasteiger partial charge in [0.15, 0.2) is 0 Å². The molecule has 0 bridgehead atoms. The summed E-state index contributed by atoms with van der Waals surface area (Å²) >= 11 is 0. The number of carboxylic acids is 1. The van der Waals surface area contributed by atoms with Gasteiger partial charge in [-0.2, -0.15) is 0 Å². The number of hydrogen-bond acceptors (Lipinski definition) is 7. The largest absolute Gasteiger partial charge is 0.479 e. The highest BCUT2D eigenvalue weighted by Gasteiger charge is 2.37. The van der Waals surface area contributed by atoms with E-state index < -0.39 is 55.5 Å². The highest BCUT2D eigenvalue weighted by molar-refractivity contribution is 5.96. The maximum absolute atomic E-state index is 11.4. The van der Waals surface area contributed by atoms with E-state index in [4.69, 9.17) is 15.3 Å². The minimum absolute atomic E-state index is 0.542. The quantitative estimate of drug-likeness (QED) is 0.279. The van der Waals surface area contributed by atoms with Crippen LogP contribution >= 0.6 is 0 Å². The zero-order valence-corrected chi connectivity index (χ0v) is 10.4. The molecule has 9 heteroatoms. The molecular weight excluding hydrogens is 274 g/mol. The van der Waals surface area contributed by atoms with Gasteiger partial charge in [-0.05, 0) is 6.08 Å². The van der Waals surface area contributed by atoms with E-state index in [0.29, 0.717) is 0 Å². The summed E-state index contributed by atoms with van der Waals surface area (Å²) < 4.78 is 0. The summed E-state index contributed by atoms with van der Waals surface area (Å²) in [4.78, 5) is 23.1. The number of carboxylic acid groups (broad SMARTS) is 1. The van der Waals surface area contributed by atoms with Crippen molar-refractivity contribution in [2.75, 3.05) is 13.2 Å². The van der Waals surface area contributed by atoms with E-state index in [2.05, 4.69) is 0 Å². The van der Waals surface area contributed by atoms with Crippen molar-refractivity contribution < 1.29 is 40.2 Å². The van der Waals surface area contributed by atoms with E-state index in [1.165, 1.54) is 0 Å². The zero-order chi connectivity index (χ0) is 15.4. The van der Waals surface area contributed by atoms with Gasteiger partial charge in [-0.1, -0.05) is 0 Å². The normalized spacial score (nSPS) is 24.6. The first kappa shape index (κ1) is 16.5. The molecule has 1 amide bonds. The van der Waals surface area contributed by atoms with Gasteiger partial charge in [-0.15, -0.1) is 0 Å². The highest BCUT2D eigenvalue weighted by atomic mass is 16.4. The van der Waals surface area contributed by atoms with Crippen molar-refractivity contribution in [1.29, 1.82) is 0 Å². The second-order valence-electron chi connectivity index (χ2n) is 4.43. The summed E-state index contributed by atoms with van der Waals surface area (Å²) in [7, 11) is 0. The minimum Gasteiger partial charge on any atom is -0.479 e. The van der Waals surface area contributed by atoms with E-state index in [0.717, 1.165) is 17.1 Å². The predicted octanol–water partition coefficient (Wildman–Crippen LogP) is -3.73. The first-order valence-corrected chi connectivity index (χ1v) is 5.84. The van der Waals surface area contributed by atoms with Crippen LogP contribution in [0, 0.1) is 0 Å². The molecule has 6 N–H and O–H groups in total. The first-order chi connectivity index (χ1) is 9.29. The van der Waals surface area contributed by atoms with Crippen molar-refractivity contribution >= 4 is 11.9 Å². The number of hydrogen-bond donors (Lipinski definition) is 6. The third-order valence-electron chi connectivity index (χ3n) is 3.00. The summed E-state index contributed by atoms with van der Waals surface area (Å²) in [6.45, 7) is -1.37. The number of aliphatic carboxylic acids is 1. The summed E-state index contributed by atoms with van der Waals surface area (Å²) in [6.07, 6.45) is -4.87. The smallest absolute Gasteiger partial charge is 0.330 e. The standard InChI is InChI=1S/C11H17NO8/c13-4-7(15)10(18)9(17)6(14)3-12-5(11(19)20)1-2-8(12)16/h1-2,5-7,9-10,13-15,17-18H,3-4H2,(H,19,20)/t5-,6+,7+,9+,10+/m0/s1. The molecular formula is C11H17NO8. The molecule has 0 fully saturated rings. The monoisotopic (exact) mass is 291 g/mol. The van der Waals surface area contributed by atoms with Crippen molar-refractivity contribution in [3.05, 3.63) is 12.2 Å². The van der Waals surface area contributed by atoms with Crippen molar-refractivity contribution in [3.8, 4) is 0 Å². The average Bonchev–Trinajstić information content (AvgIpc) is 2.77. The van der Waals surface area contributed by atoms with Gasteiger partial charge in [0.2, 0.25) is 5.91 Å². The van der Waals surface area contributed by atoms with E-state index in [9.17, 15) is 24.9 Å². The van der Waals surface area contributed by atoms with E-state index >= 15 is 0 Å². The van der Waals surface area contributed by atoms with Gasteiger partial charge >= 0.3 is 5.97 Å². The Morgan fingerprint density at radius 1 is 1.20 bits per heavy atom. The van der Waals surface area contributed by atoms with Crippen LogP contribution in [0.3, 0.4) is 0 Å². The number of β-amino-alcohol motifs (C(OH)–C–C–N with tert-alkyl or cyclic N) is 1. The lowest BCUT2D eigenvalue weighted by molar-refractivity contribution is -0.149. The fourth-order valence-corrected chi connectivity index (χ4v) is 1.80. The maximum atomic E-state index is 11.4. The molecule has 0 aromatic heterocycles. The van der Waals surface area contributed by atoms with Crippen LogP contribution in [0.25, 0.3) is 0 Å². The number of nitrogens with zero attached hydrogens (tertiary/aromatic N) is 1. The Kier molecular flexibility index (Phi) is 5.60. The molecule has 0 saturated heterocycles. The highest BCUT2D eigenvalue weighted by Crippen LogP contribution is 2.14. The third-order valence-corrected chi connectivity index (χ3v) is 3.00. The Bertz CT molecular complexity index is 398. The Morgan fingerprint density at radius 2 is 1.75 bits per heavy atom. The van der Waals surface area contributed by atoms with Gasteiger partial charge in [0.05, 0.1) is 13.2 Å². The second-order valence-corrected chi connectivity index (χ2v) is 4.43. The maximum Gasteiger partial charge on any atom is 0.330 e. The predicted molar refractivity (Wildman–Crippen MR) is 63.4 cm³/mol. The Balaban J connectivity index is 2.67. The summed E-state index contributed by atoms with van der Waals surface area (Å²) in [5.41, 5.74) is 0. The summed E-state index contributed by atoms with van der Waals surface area (Å²) in [6, 6.07) is -1.26. The SMILES string of the molecule is O=C(O)[C@@H]1C=CC(=O)N1C[C@@H](O)[C@@H](O)[C@H](O)[C@H](O)CO. The molecule has 0 spiro atoms. The number of amides is 1. The fraction of sp³-hybridized carbons (Fsp3) is 0.636. The number of aliphatic hydroxyl groups excluding tert-OH is 5. The minimum atomic E-state index is -1.85. The molecule has 0 saturated carbocycles. The van der Waals surface area contributed by atoms with Crippen LogP contribution in [0.1, 0.15) is 0 Å². The Labute approximate surface area is 114 Å². The second kappa shape index (κ2) is 6.77. The van der Waals surface area contributed by atoms with Crippen LogP contribution in [0.15, 0.2) is 12.2 Å². The Morgan fingerprint density at radius 3 is 2.25 bits per heavy atom. The Hall–Kier alpha value is -1.52. The van der Waals surface area contributed by atoms with Gasteiger partial charge in [-0.25, -0.2) is 4.79 Å². The van der Waals surface area contributed by atoms with Crippen LogP contribution in [-0.4, -0.2) is 91.0 Å². The lowest BCUT2D eigenvalue weighted by Gasteiger charge is -2.30. The van der Waals surface area contributed by atoms with Crippen molar-refractivity contribution in [3.63, 3.8) is 0 Å². The van der Waals surface area contributed by atoms with Crippen LogP contribution in [-0.2, 0) is 9.59 Å². The van der Waals surface area contributed by atoms with E-state index in [1.807, 2.05) is 0 Å². The molecule has 0 unspecified atom stereocenters. The molecule has 0 aliphatic carbocycles.